The SMILES string of the molecule is C=CCSCCNCc1csc(-c2ccc(F)cc2)n1. The second-order valence-corrected chi connectivity index (χ2v) is 6.20. The van der Waals surface area contributed by atoms with Crippen molar-refractivity contribution < 1.29 is 4.39 Å². The number of thiazole rings is 1. The average Bonchev–Trinajstić information content (AvgIpc) is 2.92. The molecule has 1 aromatic carbocycles. The zero-order chi connectivity index (χ0) is 14.2. The molecule has 0 aliphatic heterocycles. The minimum absolute atomic E-state index is 0.218. The minimum Gasteiger partial charge on any atom is -0.310 e. The molecule has 0 fully saturated rings. The van der Waals surface area contributed by atoms with Crippen molar-refractivity contribution in [2.45, 2.75) is 6.54 Å². The molecule has 2 nitrogen and oxygen atoms in total. The molecule has 0 saturated carbocycles. The molecule has 1 N–H and O–H groups in total. The average molecular weight is 308 g/mol. The van der Waals surface area contributed by atoms with Crippen LogP contribution in [0.1, 0.15) is 5.69 Å². The number of hydrogen-bond donors (Lipinski definition) is 1. The number of rotatable bonds is 8. The monoisotopic (exact) mass is 308 g/mol. The van der Waals surface area contributed by atoms with Crippen LogP contribution in [0.5, 0.6) is 0 Å². The van der Waals surface area contributed by atoms with Crippen LogP contribution < -0.4 is 5.32 Å². The molecule has 5 heteroatoms. The predicted molar refractivity (Wildman–Crippen MR) is 86.7 cm³/mol. The fourth-order valence-corrected chi connectivity index (χ4v) is 3.09. The number of benzene rings is 1. The molecular weight excluding hydrogens is 291 g/mol. The van der Waals surface area contributed by atoms with Crippen molar-refractivity contribution in [2.24, 2.45) is 0 Å². The zero-order valence-electron chi connectivity index (χ0n) is 11.1. The smallest absolute Gasteiger partial charge is 0.123 e. The van der Waals surface area contributed by atoms with E-state index < -0.39 is 0 Å². The second-order valence-electron chi connectivity index (χ2n) is 4.19. The topological polar surface area (TPSA) is 24.9 Å². The molecule has 0 aliphatic carbocycles. The van der Waals surface area contributed by atoms with Gasteiger partial charge in [0.25, 0.3) is 0 Å². The number of thioether (sulfide) groups is 1. The molecule has 2 rings (SSSR count). The van der Waals surface area contributed by atoms with Crippen LogP contribution >= 0.6 is 23.1 Å². The largest absolute Gasteiger partial charge is 0.310 e. The van der Waals surface area contributed by atoms with Gasteiger partial charge in [0, 0.05) is 35.5 Å². The maximum absolute atomic E-state index is 12.9. The van der Waals surface area contributed by atoms with E-state index in [0.29, 0.717) is 0 Å². The van der Waals surface area contributed by atoms with Crippen molar-refractivity contribution in [3.8, 4) is 10.6 Å². The summed E-state index contributed by atoms with van der Waals surface area (Å²) in [6.45, 7) is 5.42. The molecule has 0 unspecified atom stereocenters. The van der Waals surface area contributed by atoms with Gasteiger partial charge in [0.15, 0.2) is 0 Å². The summed E-state index contributed by atoms with van der Waals surface area (Å²) in [7, 11) is 0. The van der Waals surface area contributed by atoms with Crippen LogP contribution in [0.25, 0.3) is 10.6 Å². The number of halogens is 1. The molecule has 106 valence electrons. The van der Waals surface area contributed by atoms with Crippen molar-refractivity contribution in [1.29, 1.82) is 0 Å². The van der Waals surface area contributed by atoms with Crippen molar-refractivity contribution in [1.82, 2.24) is 10.3 Å². The Labute approximate surface area is 127 Å². The first kappa shape index (κ1) is 15.2. The number of nitrogens with one attached hydrogen (secondary N) is 1. The molecule has 0 atom stereocenters. The summed E-state index contributed by atoms with van der Waals surface area (Å²) in [5.74, 6) is 1.85. The summed E-state index contributed by atoms with van der Waals surface area (Å²) in [4.78, 5) is 4.55. The molecule has 0 bridgehead atoms. The zero-order valence-corrected chi connectivity index (χ0v) is 12.8. The maximum atomic E-state index is 12.9. The Kier molecular flexibility index (Phi) is 6.24. The van der Waals surface area contributed by atoms with Gasteiger partial charge < -0.3 is 5.32 Å². The summed E-state index contributed by atoms with van der Waals surface area (Å²) in [6, 6.07) is 6.45. The van der Waals surface area contributed by atoms with Crippen LogP contribution in [-0.2, 0) is 6.54 Å². The Morgan fingerprint density at radius 3 is 2.90 bits per heavy atom. The molecule has 0 radical (unpaired) electrons. The predicted octanol–water partition coefficient (Wildman–Crippen LogP) is 3.96. The van der Waals surface area contributed by atoms with E-state index in [1.54, 1.807) is 23.5 Å². The lowest BCUT2D eigenvalue weighted by Gasteiger charge is -2.01. The fraction of sp³-hybridized carbons (Fsp3) is 0.267. The van der Waals surface area contributed by atoms with E-state index in [-0.39, 0.29) is 5.82 Å². The lowest BCUT2D eigenvalue weighted by atomic mass is 10.2. The van der Waals surface area contributed by atoms with E-state index in [9.17, 15) is 4.39 Å². The van der Waals surface area contributed by atoms with Gasteiger partial charge in [-0.05, 0) is 24.3 Å². The first-order chi connectivity index (χ1) is 9.79. The second kappa shape index (κ2) is 8.19. The fourth-order valence-electron chi connectivity index (χ4n) is 1.64. The molecule has 1 heterocycles. The Bertz CT molecular complexity index is 537. The van der Waals surface area contributed by atoms with Crippen LogP contribution in [0.15, 0.2) is 42.3 Å². The van der Waals surface area contributed by atoms with Crippen molar-refractivity contribution in [3.63, 3.8) is 0 Å². The third-order valence-electron chi connectivity index (χ3n) is 2.61. The quantitative estimate of drug-likeness (QED) is 0.590. The van der Waals surface area contributed by atoms with Gasteiger partial charge in [-0.1, -0.05) is 6.08 Å². The van der Waals surface area contributed by atoms with Gasteiger partial charge in [0.2, 0.25) is 0 Å². The van der Waals surface area contributed by atoms with E-state index in [4.69, 9.17) is 0 Å². The van der Waals surface area contributed by atoms with Crippen LogP contribution in [-0.4, -0.2) is 23.0 Å². The highest BCUT2D eigenvalue weighted by atomic mass is 32.2. The molecule has 0 aliphatic rings. The van der Waals surface area contributed by atoms with Crippen LogP contribution in [0.3, 0.4) is 0 Å². The van der Waals surface area contributed by atoms with E-state index in [0.717, 1.165) is 40.9 Å². The Balaban J connectivity index is 1.80. The Morgan fingerprint density at radius 2 is 2.15 bits per heavy atom. The van der Waals surface area contributed by atoms with Crippen LogP contribution in [0.4, 0.5) is 4.39 Å². The van der Waals surface area contributed by atoms with Gasteiger partial charge in [-0.3, -0.25) is 0 Å². The number of aromatic nitrogens is 1. The van der Waals surface area contributed by atoms with Crippen molar-refractivity contribution >= 4 is 23.1 Å². The summed E-state index contributed by atoms with van der Waals surface area (Å²) >= 11 is 3.45. The lowest BCUT2D eigenvalue weighted by Crippen LogP contribution is -2.16. The molecule has 2 aromatic rings. The van der Waals surface area contributed by atoms with Crippen molar-refractivity contribution in [3.05, 3.63) is 53.8 Å². The third kappa shape index (κ3) is 4.74. The highest BCUT2D eigenvalue weighted by Crippen LogP contribution is 2.23. The lowest BCUT2D eigenvalue weighted by molar-refractivity contribution is 0.628. The van der Waals surface area contributed by atoms with Crippen molar-refractivity contribution in [2.75, 3.05) is 18.1 Å². The van der Waals surface area contributed by atoms with Crippen LogP contribution in [0, 0.1) is 5.82 Å². The molecule has 20 heavy (non-hydrogen) atoms. The highest BCUT2D eigenvalue weighted by molar-refractivity contribution is 7.99. The van der Waals surface area contributed by atoms with E-state index in [1.807, 2.05) is 23.2 Å². The standard InChI is InChI=1S/C15H17FN2S2/c1-2-8-19-9-7-17-10-14-11-20-15(18-14)12-3-5-13(16)6-4-12/h2-6,11,17H,1,7-10H2. The third-order valence-corrected chi connectivity index (χ3v) is 4.51. The summed E-state index contributed by atoms with van der Waals surface area (Å²) < 4.78 is 12.9. The number of hydrogen-bond acceptors (Lipinski definition) is 4. The van der Waals surface area contributed by atoms with Gasteiger partial charge in [0.1, 0.15) is 10.8 Å². The first-order valence-corrected chi connectivity index (χ1v) is 8.42. The maximum Gasteiger partial charge on any atom is 0.123 e. The summed E-state index contributed by atoms with van der Waals surface area (Å²) in [5.41, 5.74) is 1.99. The normalized spacial score (nSPS) is 10.7. The van der Waals surface area contributed by atoms with Gasteiger partial charge in [-0.15, -0.1) is 17.9 Å². The molecule has 1 aromatic heterocycles. The molecule has 0 spiro atoms. The first-order valence-electron chi connectivity index (χ1n) is 6.39. The Morgan fingerprint density at radius 1 is 1.35 bits per heavy atom. The van der Waals surface area contributed by atoms with E-state index in [1.165, 1.54) is 12.1 Å². The van der Waals surface area contributed by atoms with Gasteiger partial charge >= 0.3 is 0 Å². The summed E-state index contributed by atoms with van der Waals surface area (Å²) in [6.07, 6.45) is 1.92. The van der Waals surface area contributed by atoms with Crippen LogP contribution in [0.2, 0.25) is 0 Å². The van der Waals surface area contributed by atoms with Gasteiger partial charge in [-0.2, -0.15) is 11.8 Å². The summed E-state index contributed by atoms with van der Waals surface area (Å²) in [5, 5.41) is 6.34. The molecule has 0 saturated heterocycles. The van der Waals surface area contributed by atoms with Gasteiger partial charge in [0.05, 0.1) is 5.69 Å². The molecular formula is C15H17FN2S2. The molecule has 0 amide bonds. The van der Waals surface area contributed by atoms with E-state index in [2.05, 4.69) is 16.9 Å². The van der Waals surface area contributed by atoms with Gasteiger partial charge in [-0.25, -0.2) is 9.37 Å². The minimum atomic E-state index is -0.218. The van der Waals surface area contributed by atoms with E-state index >= 15 is 0 Å². The Hall–Kier alpha value is -1.17. The highest BCUT2D eigenvalue weighted by Gasteiger charge is 2.04. The number of nitrogens with zero attached hydrogens (tertiary/aromatic N) is 1.